The SMILES string of the molecule is Cc1cccc(C(=O)OS(=O)(=O)C(F)(F)F)c1. The van der Waals surface area contributed by atoms with Crippen molar-refractivity contribution in [1.29, 1.82) is 0 Å². The van der Waals surface area contributed by atoms with Gasteiger partial charge in [0.25, 0.3) is 0 Å². The summed E-state index contributed by atoms with van der Waals surface area (Å²) in [5, 5.41) is 0. The minimum absolute atomic E-state index is 0.266. The molecule has 0 saturated heterocycles. The topological polar surface area (TPSA) is 60.4 Å². The van der Waals surface area contributed by atoms with Gasteiger partial charge in [0, 0.05) is 0 Å². The van der Waals surface area contributed by atoms with E-state index in [9.17, 15) is 26.4 Å². The summed E-state index contributed by atoms with van der Waals surface area (Å²) in [5.41, 5.74) is -5.30. The lowest BCUT2D eigenvalue weighted by Gasteiger charge is -2.08. The molecule has 0 fully saturated rings. The Morgan fingerprint density at radius 1 is 1.29 bits per heavy atom. The fourth-order valence-corrected chi connectivity index (χ4v) is 1.36. The molecule has 0 atom stereocenters. The molecule has 0 unspecified atom stereocenters. The molecule has 8 heteroatoms. The maximum Gasteiger partial charge on any atom is 0.534 e. The molecule has 0 radical (unpaired) electrons. The van der Waals surface area contributed by atoms with E-state index in [1.807, 2.05) is 0 Å². The Labute approximate surface area is 95.1 Å². The van der Waals surface area contributed by atoms with E-state index in [1.165, 1.54) is 12.1 Å². The summed E-state index contributed by atoms with van der Waals surface area (Å²) in [6.45, 7) is 1.59. The quantitative estimate of drug-likeness (QED) is 0.608. The Morgan fingerprint density at radius 3 is 2.35 bits per heavy atom. The van der Waals surface area contributed by atoms with Gasteiger partial charge in [-0.2, -0.15) is 21.6 Å². The molecule has 0 spiro atoms. The van der Waals surface area contributed by atoms with Crippen LogP contribution in [0.25, 0.3) is 0 Å². The summed E-state index contributed by atoms with van der Waals surface area (Å²) in [7, 11) is -5.91. The summed E-state index contributed by atoms with van der Waals surface area (Å²) in [6, 6.07) is 5.36. The van der Waals surface area contributed by atoms with Gasteiger partial charge in [-0.05, 0) is 19.1 Å². The van der Waals surface area contributed by atoms with Gasteiger partial charge in [-0.1, -0.05) is 17.7 Å². The summed E-state index contributed by atoms with van der Waals surface area (Å²) in [5.74, 6) is -1.56. The highest BCUT2D eigenvalue weighted by Crippen LogP contribution is 2.25. The van der Waals surface area contributed by atoms with E-state index in [1.54, 1.807) is 13.0 Å². The van der Waals surface area contributed by atoms with Gasteiger partial charge in [-0.15, -0.1) is 0 Å². The van der Waals surface area contributed by atoms with Crippen molar-refractivity contribution in [3.05, 3.63) is 35.4 Å². The third kappa shape index (κ3) is 3.19. The second-order valence-electron chi connectivity index (χ2n) is 3.14. The highest BCUT2D eigenvalue weighted by molar-refractivity contribution is 7.88. The minimum atomic E-state index is -5.91. The number of benzene rings is 1. The molecule has 0 aromatic heterocycles. The van der Waals surface area contributed by atoms with Gasteiger partial charge in [0.1, 0.15) is 0 Å². The van der Waals surface area contributed by atoms with Crippen LogP contribution >= 0.6 is 0 Å². The number of rotatable bonds is 2. The van der Waals surface area contributed by atoms with E-state index in [-0.39, 0.29) is 5.56 Å². The van der Waals surface area contributed by atoms with Gasteiger partial charge >= 0.3 is 21.6 Å². The summed E-state index contributed by atoms with van der Waals surface area (Å²) >= 11 is 0. The highest BCUT2D eigenvalue weighted by atomic mass is 32.2. The van der Waals surface area contributed by atoms with E-state index < -0.39 is 21.6 Å². The van der Waals surface area contributed by atoms with Crippen LogP contribution in [0.5, 0.6) is 0 Å². The monoisotopic (exact) mass is 268 g/mol. The van der Waals surface area contributed by atoms with E-state index in [4.69, 9.17) is 0 Å². The number of carbonyl (C=O) groups is 1. The summed E-state index contributed by atoms with van der Waals surface area (Å²) in [6.07, 6.45) is 0. The molecule has 1 aromatic carbocycles. The van der Waals surface area contributed by atoms with Crippen molar-refractivity contribution < 1.29 is 30.6 Å². The molecule has 0 saturated carbocycles. The average Bonchev–Trinajstić information content (AvgIpc) is 2.15. The van der Waals surface area contributed by atoms with Crippen LogP contribution in [0.2, 0.25) is 0 Å². The first-order valence-corrected chi connectivity index (χ1v) is 5.66. The van der Waals surface area contributed by atoms with Crippen LogP contribution in [0.15, 0.2) is 24.3 Å². The normalized spacial score (nSPS) is 12.2. The largest absolute Gasteiger partial charge is 0.534 e. The molecule has 0 aliphatic heterocycles. The first kappa shape index (κ1) is 13.5. The van der Waals surface area contributed by atoms with Crippen molar-refractivity contribution in [2.45, 2.75) is 12.4 Å². The third-order valence-corrected chi connectivity index (χ3v) is 2.66. The van der Waals surface area contributed by atoms with E-state index >= 15 is 0 Å². The maximum atomic E-state index is 11.9. The zero-order chi connectivity index (χ0) is 13.3. The van der Waals surface area contributed by atoms with Crippen LogP contribution in [0.1, 0.15) is 15.9 Å². The highest BCUT2D eigenvalue weighted by Gasteiger charge is 2.49. The number of carbonyl (C=O) groups excluding carboxylic acids is 1. The molecule has 0 bridgehead atoms. The fraction of sp³-hybridized carbons (Fsp3) is 0.222. The van der Waals surface area contributed by atoms with Crippen LogP contribution in [-0.2, 0) is 14.3 Å². The molecule has 17 heavy (non-hydrogen) atoms. The summed E-state index contributed by atoms with van der Waals surface area (Å²) in [4.78, 5) is 11.2. The van der Waals surface area contributed by atoms with Crippen molar-refractivity contribution in [3.8, 4) is 0 Å². The second kappa shape index (κ2) is 4.36. The molecule has 0 N–H and O–H groups in total. The third-order valence-electron chi connectivity index (χ3n) is 1.72. The van der Waals surface area contributed by atoms with Crippen molar-refractivity contribution in [2.24, 2.45) is 0 Å². The Hall–Kier alpha value is -1.57. The molecule has 94 valence electrons. The van der Waals surface area contributed by atoms with E-state index in [0.717, 1.165) is 6.07 Å². The zero-order valence-corrected chi connectivity index (χ0v) is 9.30. The minimum Gasteiger partial charge on any atom is -0.335 e. The zero-order valence-electron chi connectivity index (χ0n) is 8.48. The first-order chi connectivity index (χ1) is 7.63. The lowest BCUT2D eigenvalue weighted by molar-refractivity contribution is -0.0525. The van der Waals surface area contributed by atoms with Gasteiger partial charge in [0.2, 0.25) is 0 Å². The van der Waals surface area contributed by atoms with Crippen molar-refractivity contribution in [1.82, 2.24) is 0 Å². The fourth-order valence-electron chi connectivity index (χ4n) is 0.967. The molecule has 4 nitrogen and oxygen atoms in total. The van der Waals surface area contributed by atoms with Crippen LogP contribution in [-0.4, -0.2) is 19.9 Å². The van der Waals surface area contributed by atoms with E-state index in [0.29, 0.717) is 5.56 Å². The molecule has 0 amide bonds. The Balaban J connectivity index is 2.96. The molecule has 1 aromatic rings. The Bertz CT molecular complexity index is 533. The number of aryl methyl sites for hydroxylation is 1. The molecule has 0 aliphatic rings. The van der Waals surface area contributed by atoms with Gasteiger partial charge < -0.3 is 4.18 Å². The van der Waals surface area contributed by atoms with Crippen LogP contribution in [0.4, 0.5) is 13.2 Å². The van der Waals surface area contributed by atoms with Crippen LogP contribution in [0.3, 0.4) is 0 Å². The molecule has 0 aliphatic carbocycles. The molecular formula is C9H7F3O4S. The van der Waals surface area contributed by atoms with Crippen LogP contribution in [0, 0.1) is 6.92 Å². The van der Waals surface area contributed by atoms with E-state index in [2.05, 4.69) is 4.18 Å². The summed E-state index contributed by atoms with van der Waals surface area (Å²) < 4.78 is 60.3. The predicted octanol–water partition coefficient (Wildman–Crippen LogP) is 2.00. The lowest BCUT2D eigenvalue weighted by Crippen LogP contribution is -2.28. The Kier molecular flexibility index (Phi) is 3.46. The first-order valence-electron chi connectivity index (χ1n) is 4.25. The van der Waals surface area contributed by atoms with Crippen LogP contribution < -0.4 is 0 Å². The van der Waals surface area contributed by atoms with Crippen molar-refractivity contribution in [2.75, 3.05) is 0 Å². The van der Waals surface area contributed by atoms with Crippen molar-refractivity contribution in [3.63, 3.8) is 0 Å². The molecule has 0 heterocycles. The van der Waals surface area contributed by atoms with Crippen molar-refractivity contribution >= 4 is 16.1 Å². The smallest absolute Gasteiger partial charge is 0.335 e. The second-order valence-corrected chi connectivity index (χ2v) is 4.68. The lowest BCUT2D eigenvalue weighted by atomic mass is 10.1. The number of hydrogen-bond acceptors (Lipinski definition) is 4. The van der Waals surface area contributed by atoms with Gasteiger partial charge in [-0.3, -0.25) is 0 Å². The standard InChI is InChI=1S/C9H7F3O4S/c1-6-3-2-4-7(5-6)8(13)16-17(14,15)9(10,11)12/h2-5H,1H3. The number of alkyl halides is 3. The number of halogens is 3. The Morgan fingerprint density at radius 2 is 1.88 bits per heavy atom. The maximum absolute atomic E-state index is 11.9. The van der Waals surface area contributed by atoms with Gasteiger partial charge in [-0.25, -0.2) is 4.79 Å². The molecular weight excluding hydrogens is 261 g/mol. The average molecular weight is 268 g/mol. The molecule has 1 rings (SSSR count). The van der Waals surface area contributed by atoms with Gasteiger partial charge in [0.15, 0.2) is 0 Å². The predicted molar refractivity (Wildman–Crippen MR) is 51.6 cm³/mol. The number of hydrogen-bond donors (Lipinski definition) is 0. The van der Waals surface area contributed by atoms with Gasteiger partial charge in [0.05, 0.1) is 5.56 Å².